The highest BCUT2D eigenvalue weighted by atomic mass is 16.5. The van der Waals surface area contributed by atoms with Crippen LogP contribution in [-0.2, 0) is 0 Å². The van der Waals surface area contributed by atoms with Crippen LogP contribution in [0.15, 0.2) is 47.3 Å². The number of aromatic nitrogens is 2. The van der Waals surface area contributed by atoms with E-state index >= 15 is 0 Å². The minimum atomic E-state index is -0.317. The predicted molar refractivity (Wildman–Crippen MR) is 132 cm³/mol. The molecule has 0 radical (unpaired) electrons. The molecular weight excluding hydrogens is 438 g/mol. The molecule has 9 nitrogen and oxygen atoms in total. The fraction of sp³-hybridized carbons (Fsp3) is 0.240. The predicted octanol–water partition coefficient (Wildman–Crippen LogP) is 3.79. The first-order valence-corrected chi connectivity index (χ1v) is 10.5. The van der Waals surface area contributed by atoms with Crippen molar-refractivity contribution in [3.63, 3.8) is 0 Å². The number of anilines is 1. The van der Waals surface area contributed by atoms with E-state index in [1.54, 1.807) is 28.8 Å². The van der Waals surface area contributed by atoms with Gasteiger partial charge < -0.3 is 33.9 Å². The number of phenolic OH excluding ortho intramolecular Hbond substituents is 1. The Morgan fingerprint density at radius 1 is 0.824 bits per heavy atom. The summed E-state index contributed by atoms with van der Waals surface area (Å²) in [7, 11) is 9.88. The van der Waals surface area contributed by atoms with Crippen LogP contribution >= 0.6 is 0 Å². The fourth-order valence-corrected chi connectivity index (χ4v) is 4.03. The molecule has 0 spiro atoms. The van der Waals surface area contributed by atoms with Crippen LogP contribution in [0.4, 0.5) is 5.69 Å². The largest absolute Gasteiger partial charge is 0.504 e. The Morgan fingerprint density at radius 3 is 2.00 bits per heavy atom. The molecule has 0 fully saturated rings. The van der Waals surface area contributed by atoms with Crippen LogP contribution in [0.3, 0.4) is 0 Å². The third-order valence-corrected chi connectivity index (χ3v) is 5.67. The molecule has 0 amide bonds. The molecule has 0 unspecified atom stereocenters. The zero-order valence-electron chi connectivity index (χ0n) is 19.9. The number of fused-ring (bicyclic) bond motifs is 1. The number of hydrogen-bond acceptors (Lipinski definition) is 7. The number of aromatic amines is 1. The van der Waals surface area contributed by atoms with Crippen LogP contribution in [0, 0.1) is 0 Å². The van der Waals surface area contributed by atoms with Gasteiger partial charge in [0.15, 0.2) is 23.0 Å². The first-order valence-electron chi connectivity index (χ1n) is 10.5. The van der Waals surface area contributed by atoms with Gasteiger partial charge in [-0.2, -0.15) is 0 Å². The van der Waals surface area contributed by atoms with Gasteiger partial charge >= 0.3 is 5.69 Å². The van der Waals surface area contributed by atoms with Crippen LogP contribution in [0.5, 0.6) is 28.7 Å². The molecule has 0 atom stereocenters. The molecule has 0 aliphatic rings. The smallest absolute Gasteiger partial charge is 0.331 e. The summed E-state index contributed by atoms with van der Waals surface area (Å²) in [6.07, 6.45) is 0. The first-order chi connectivity index (χ1) is 16.3. The molecule has 178 valence electrons. The lowest BCUT2D eigenvalue weighted by molar-refractivity contribution is 0.324. The molecule has 1 aromatic heterocycles. The number of imidazole rings is 1. The van der Waals surface area contributed by atoms with E-state index in [4.69, 9.17) is 18.9 Å². The maximum atomic E-state index is 13.2. The summed E-state index contributed by atoms with van der Waals surface area (Å²) in [5.74, 6) is 1.71. The molecule has 9 heteroatoms. The van der Waals surface area contributed by atoms with Crippen molar-refractivity contribution in [2.24, 2.45) is 0 Å². The van der Waals surface area contributed by atoms with Crippen molar-refractivity contribution < 1.29 is 24.1 Å². The first kappa shape index (κ1) is 22.9. The number of aromatic hydroxyl groups is 1. The highest BCUT2D eigenvalue weighted by molar-refractivity contribution is 5.94. The number of H-pyrrole nitrogens is 1. The second-order valence-electron chi connectivity index (χ2n) is 7.82. The Hall–Kier alpha value is -4.27. The molecule has 2 N–H and O–H groups in total. The molecule has 0 aliphatic heterocycles. The van der Waals surface area contributed by atoms with Crippen molar-refractivity contribution in [1.82, 2.24) is 9.55 Å². The average Bonchev–Trinajstić information content (AvgIpc) is 3.17. The second kappa shape index (κ2) is 8.93. The van der Waals surface area contributed by atoms with Crippen LogP contribution < -0.4 is 29.5 Å². The molecule has 34 heavy (non-hydrogen) atoms. The molecule has 3 aromatic carbocycles. The number of phenols is 1. The molecule has 1 heterocycles. The van der Waals surface area contributed by atoms with Crippen LogP contribution in [0.2, 0.25) is 0 Å². The van der Waals surface area contributed by atoms with Crippen molar-refractivity contribution in [1.29, 1.82) is 0 Å². The number of rotatable bonds is 7. The third-order valence-electron chi connectivity index (χ3n) is 5.67. The van der Waals surface area contributed by atoms with Gasteiger partial charge in [-0.05, 0) is 35.4 Å². The topological polar surface area (TPSA) is 98.2 Å². The van der Waals surface area contributed by atoms with Crippen LogP contribution in [0.1, 0.15) is 0 Å². The van der Waals surface area contributed by atoms with E-state index in [1.807, 2.05) is 37.2 Å². The monoisotopic (exact) mass is 465 g/mol. The standard InChI is InChI=1S/C25H27N3O6/c1-27(2)17-9-15(14-7-8-20(31-3)19(29)11-14)10-18-23(17)26-25(30)28(18)16-12-21(32-4)24(34-6)22(13-16)33-5/h7-13,29H,1-6H3,(H,26,30). The van der Waals surface area contributed by atoms with Crippen molar-refractivity contribution in [2.45, 2.75) is 0 Å². The summed E-state index contributed by atoms with van der Waals surface area (Å²) < 4.78 is 23.1. The highest BCUT2D eigenvalue weighted by Gasteiger charge is 2.20. The summed E-state index contributed by atoms with van der Waals surface area (Å²) in [6, 6.07) is 12.5. The van der Waals surface area contributed by atoms with Crippen molar-refractivity contribution in [2.75, 3.05) is 47.4 Å². The van der Waals surface area contributed by atoms with E-state index in [-0.39, 0.29) is 11.4 Å². The van der Waals surface area contributed by atoms with Gasteiger partial charge in [-0.25, -0.2) is 4.79 Å². The number of methoxy groups -OCH3 is 4. The van der Waals surface area contributed by atoms with Gasteiger partial charge in [0.25, 0.3) is 0 Å². The number of benzene rings is 3. The molecule has 0 saturated carbocycles. The summed E-state index contributed by atoms with van der Waals surface area (Å²) in [5, 5.41) is 10.3. The Balaban J connectivity index is 2.03. The highest BCUT2D eigenvalue weighted by Crippen LogP contribution is 2.41. The summed E-state index contributed by atoms with van der Waals surface area (Å²) in [6.45, 7) is 0. The Morgan fingerprint density at radius 2 is 1.47 bits per heavy atom. The zero-order chi connectivity index (χ0) is 24.6. The minimum Gasteiger partial charge on any atom is -0.504 e. The SMILES string of the molecule is COc1ccc(-c2cc(N(C)C)c3[nH]c(=O)n(-c4cc(OC)c(OC)c(OC)c4)c3c2)cc1O. The van der Waals surface area contributed by atoms with Gasteiger partial charge in [0, 0.05) is 26.2 Å². The molecule has 4 rings (SSSR count). The van der Waals surface area contributed by atoms with Gasteiger partial charge in [0.05, 0.1) is 50.8 Å². The van der Waals surface area contributed by atoms with Crippen molar-refractivity contribution in [3.8, 4) is 45.6 Å². The third kappa shape index (κ3) is 3.75. The van der Waals surface area contributed by atoms with Crippen molar-refractivity contribution >= 4 is 16.7 Å². The van der Waals surface area contributed by atoms with Gasteiger partial charge in [0.2, 0.25) is 5.75 Å². The average molecular weight is 466 g/mol. The maximum Gasteiger partial charge on any atom is 0.331 e. The van der Waals surface area contributed by atoms with Crippen LogP contribution in [-0.4, -0.2) is 57.2 Å². The minimum absolute atomic E-state index is 0.0302. The van der Waals surface area contributed by atoms with Gasteiger partial charge in [-0.1, -0.05) is 6.07 Å². The summed E-state index contributed by atoms with van der Waals surface area (Å²) in [5.41, 5.74) is 3.95. The Labute approximate surface area is 196 Å². The van der Waals surface area contributed by atoms with Crippen molar-refractivity contribution in [3.05, 3.63) is 52.9 Å². The molecule has 0 bridgehead atoms. The normalized spacial score (nSPS) is 10.9. The summed E-state index contributed by atoms with van der Waals surface area (Å²) in [4.78, 5) is 18.1. The molecular formula is C25H27N3O6. The van der Waals surface area contributed by atoms with Crippen LogP contribution in [0.25, 0.3) is 27.8 Å². The zero-order valence-corrected chi connectivity index (χ0v) is 19.9. The second-order valence-corrected chi connectivity index (χ2v) is 7.82. The lowest BCUT2D eigenvalue weighted by Crippen LogP contribution is -2.15. The van der Waals surface area contributed by atoms with Gasteiger partial charge in [-0.3, -0.25) is 4.57 Å². The number of hydrogen-bond donors (Lipinski definition) is 2. The molecule has 0 saturated heterocycles. The van der Waals surface area contributed by atoms with E-state index in [0.29, 0.717) is 39.7 Å². The maximum absolute atomic E-state index is 13.2. The van der Waals surface area contributed by atoms with E-state index in [1.165, 1.54) is 28.4 Å². The van der Waals surface area contributed by atoms with Gasteiger partial charge in [0.1, 0.15) is 0 Å². The number of nitrogens with zero attached hydrogens (tertiary/aromatic N) is 2. The number of ether oxygens (including phenoxy) is 4. The Bertz CT molecular complexity index is 1400. The lowest BCUT2D eigenvalue weighted by Gasteiger charge is -2.17. The quantitative estimate of drug-likeness (QED) is 0.428. The lowest BCUT2D eigenvalue weighted by atomic mass is 10.0. The molecule has 4 aromatic rings. The van der Waals surface area contributed by atoms with Gasteiger partial charge in [-0.15, -0.1) is 0 Å². The van der Waals surface area contributed by atoms with E-state index in [2.05, 4.69) is 4.98 Å². The van der Waals surface area contributed by atoms with E-state index in [0.717, 1.165) is 16.8 Å². The Kier molecular flexibility index (Phi) is 6.02. The van der Waals surface area contributed by atoms with E-state index in [9.17, 15) is 9.90 Å². The van der Waals surface area contributed by atoms with E-state index < -0.39 is 0 Å². The fourth-order valence-electron chi connectivity index (χ4n) is 4.03. The molecule has 0 aliphatic carbocycles. The summed E-state index contributed by atoms with van der Waals surface area (Å²) >= 11 is 0. The number of nitrogens with one attached hydrogen (secondary N) is 1.